The predicted molar refractivity (Wildman–Crippen MR) is 107 cm³/mol. The smallest absolute Gasteiger partial charge is 0.242 e. The number of carbonyl (C=O) groups is 1. The maximum Gasteiger partial charge on any atom is 0.242 e. The molecule has 1 amide bonds. The Bertz CT molecular complexity index is 1110. The largest absolute Gasteiger partial charge is 0.349 e. The highest BCUT2D eigenvalue weighted by molar-refractivity contribution is 5.95. The van der Waals surface area contributed by atoms with Gasteiger partial charge in [-0.15, -0.1) is 0 Å². The Labute approximate surface area is 163 Å². The number of benzene rings is 1. The number of aryl methyl sites for hydroxylation is 2. The van der Waals surface area contributed by atoms with E-state index >= 15 is 0 Å². The topological polar surface area (TPSA) is 77.6 Å². The van der Waals surface area contributed by atoms with Gasteiger partial charge in [0.05, 0.1) is 17.9 Å². The molecule has 0 spiro atoms. The molecule has 0 fully saturated rings. The first-order chi connectivity index (χ1) is 13.7. The molecule has 1 N–H and O–H groups in total. The monoisotopic (exact) mass is 374 g/mol. The first-order valence-electron chi connectivity index (χ1n) is 9.32. The van der Waals surface area contributed by atoms with E-state index in [0.29, 0.717) is 12.2 Å². The number of hydrogen-bond donors (Lipinski definition) is 1. The number of pyridine rings is 1. The zero-order valence-electron chi connectivity index (χ0n) is 16.0. The van der Waals surface area contributed by atoms with Crippen LogP contribution in [0, 0.1) is 6.92 Å². The van der Waals surface area contributed by atoms with Crippen LogP contribution in [0.2, 0.25) is 0 Å². The van der Waals surface area contributed by atoms with Crippen molar-refractivity contribution in [3.05, 3.63) is 66.2 Å². The van der Waals surface area contributed by atoms with E-state index in [2.05, 4.69) is 32.6 Å². The number of nitrogens with zero attached hydrogens (tertiary/aromatic N) is 5. The van der Waals surface area contributed by atoms with Crippen molar-refractivity contribution < 1.29 is 4.79 Å². The Morgan fingerprint density at radius 1 is 1.11 bits per heavy atom. The Balaban J connectivity index is 1.55. The lowest BCUT2D eigenvalue weighted by Gasteiger charge is -2.06. The first-order valence-corrected chi connectivity index (χ1v) is 9.32. The van der Waals surface area contributed by atoms with E-state index in [1.165, 1.54) is 0 Å². The van der Waals surface area contributed by atoms with Gasteiger partial charge in [-0.05, 0) is 37.1 Å². The first kappa shape index (κ1) is 17.9. The molecule has 0 atom stereocenters. The highest BCUT2D eigenvalue weighted by Crippen LogP contribution is 2.29. The molecule has 4 rings (SSSR count). The van der Waals surface area contributed by atoms with Crippen molar-refractivity contribution in [2.24, 2.45) is 0 Å². The summed E-state index contributed by atoms with van der Waals surface area (Å²) >= 11 is 0. The van der Waals surface area contributed by atoms with E-state index in [-0.39, 0.29) is 12.5 Å². The van der Waals surface area contributed by atoms with E-state index in [1.807, 2.05) is 55.1 Å². The van der Waals surface area contributed by atoms with Crippen LogP contribution in [0.25, 0.3) is 22.2 Å². The summed E-state index contributed by atoms with van der Waals surface area (Å²) in [6, 6.07) is 14.0. The van der Waals surface area contributed by atoms with Gasteiger partial charge in [0.1, 0.15) is 6.54 Å². The van der Waals surface area contributed by atoms with Gasteiger partial charge >= 0.3 is 0 Å². The molecule has 28 heavy (non-hydrogen) atoms. The highest BCUT2D eigenvalue weighted by atomic mass is 16.2. The summed E-state index contributed by atoms with van der Waals surface area (Å²) < 4.78 is 3.50. The van der Waals surface area contributed by atoms with Crippen LogP contribution in [0.3, 0.4) is 0 Å². The molecule has 3 heterocycles. The fraction of sp³-hybridized carbons (Fsp3) is 0.238. The minimum absolute atomic E-state index is 0.115. The van der Waals surface area contributed by atoms with Gasteiger partial charge in [-0.25, -0.2) is 9.67 Å². The molecule has 0 saturated heterocycles. The van der Waals surface area contributed by atoms with Gasteiger partial charge in [0, 0.05) is 24.3 Å². The number of nitrogens with one attached hydrogen (secondary N) is 1. The van der Waals surface area contributed by atoms with Crippen molar-refractivity contribution in [1.82, 2.24) is 29.9 Å². The minimum atomic E-state index is -0.123. The van der Waals surface area contributed by atoms with E-state index in [0.717, 1.165) is 34.4 Å². The second kappa shape index (κ2) is 7.64. The molecule has 3 aromatic heterocycles. The van der Waals surface area contributed by atoms with E-state index < -0.39 is 0 Å². The second-order valence-corrected chi connectivity index (χ2v) is 6.61. The summed E-state index contributed by atoms with van der Waals surface area (Å²) in [7, 11) is 0. The van der Waals surface area contributed by atoms with Crippen LogP contribution in [0.4, 0.5) is 0 Å². The molecular weight excluding hydrogens is 352 g/mol. The fourth-order valence-electron chi connectivity index (χ4n) is 3.31. The normalized spacial score (nSPS) is 11.1. The molecule has 0 aliphatic carbocycles. The molecule has 4 aromatic rings. The molecule has 1 aromatic carbocycles. The second-order valence-electron chi connectivity index (χ2n) is 6.61. The van der Waals surface area contributed by atoms with E-state index in [1.54, 1.807) is 10.9 Å². The fourth-order valence-corrected chi connectivity index (χ4v) is 3.31. The van der Waals surface area contributed by atoms with Crippen molar-refractivity contribution in [2.75, 3.05) is 0 Å². The molecule has 0 saturated carbocycles. The lowest BCUT2D eigenvalue weighted by Crippen LogP contribution is -2.27. The number of hydrogen-bond acceptors (Lipinski definition) is 4. The standard InChI is InChI=1S/C21H22N6O/c1-3-26-12-10-17(25-26)13-23-19(28)14-27-21-20(15(2)24-27)18(9-11-22-21)16-7-5-4-6-8-16/h4-12H,3,13-14H2,1-2H3,(H,23,28). The van der Waals surface area contributed by atoms with Crippen molar-refractivity contribution in [3.63, 3.8) is 0 Å². The van der Waals surface area contributed by atoms with Crippen molar-refractivity contribution >= 4 is 16.9 Å². The maximum atomic E-state index is 12.4. The summed E-state index contributed by atoms with van der Waals surface area (Å²) in [5.74, 6) is -0.123. The molecule has 0 aliphatic rings. The SMILES string of the molecule is CCn1ccc(CNC(=O)Cn2nc(C)c3c(-c4ccccc4)ccnc32)n1. The van der Waals surface area contributed by atoms with Crippen LogP contribution < -0.4 is 5.32 Å². The zero-order valence-corrected chi connectivity index (χ0v) is 16.0. The average molecular weight is 374 g/mol. The highest BCUT2D eigenvalue weighted by Gasteiger charge is 2.15. The third-order valence-electron chi connectivity index (χ3n) is 4.67. The Kier molecular flexibility index (Phi) is 4.89. The van der Waals surface area contributed by atoms with Gasteiger partial charge in [0.2, 0.25) is 5.91 Å². The summed E-state index contributed by atoms with van der Waals surface area (Å²) in [6.07, 6.45) is 3.67. The van der Waals surface area contributed by atoms with Crippen LogP contribution in [0.1, 0.15) is 18.3 Å². The zero-order chi connectivity index (χ0) is 19.5. The quantitative estimate of drug-likeness (QED) is 0.563. The molecule has 0 unspecified atom stereocenters. The lowest BCUT2D eigenvalue weighted by molar-refractivity contribution is -0.121. The lowest BCUT2D eigenvalue weighted by atomic mass is 10.0. The number of fused-ring (bicyclic) bond motifs is 1. The Hall–Kier alpha value is -3.48. The van der Waals surface area contributed by atoms with Crippen LogP contribution in [-0.4, -0.2) is 30.5 Å². The van der Waals surface area contributed by atoms with Gasteiger partial charge in [0.25, 0.3) is 0 Å². The third kappa shape index (κ3) is 3.51. The number of amides is 1. The molecule has 0 aliphatic heterocycles. The van der Waals surface area contributed by atoms with E-state index in [4.69, 9.17) is 0 Å². The van der Waals surface area contributed by atoms with Crippen molar-refractivity contribution in [3.8, 4) is 11.1 Å². The van der Waals surface area contributed by atoms with Crippen LogP contribution in [-0.2, 0) is 24.4 Å². The average Bonchev–Trinajstić information content (AvgIpc) is 3.32. The van der Waals surface area contributed by atoms with Gasteiger partial charge in [-0.2, -0.15) is 10.2 Å². The molecule has 7 heteroatoms. The summed E-state index contributed by atoms with van der Waals surface area (Å²) in [6.45, 7) is 5.29. The van der Waals surface area contributed by atoms with Crippen molar-refractivity contribution in [1.29, 1.82) is 0 Å². The summed E-state index contributed by atoms with van der Waals surface area (Å²) in [5, 5.41) is 12.8. The van der Waals surface area contributed by atoms with Gasteiger partial charge in [-0.3, -0.25) is 9.48 Å². The predicted octanol–water partition coefficient (Wildman–Crippen LogP) is 2.94. The number of rotatable bonds is 6. The summed E-state index contributed by atoms with van der Waals surface area (Å²) in [4.78, 5) is 16.9. The summed E-state index contributed by atoms with van der Waals surface area (Å²) in [5.41, 5.74) is 4.58. The molecule has 7 nitrogen and oxygen atoms in total. The molecule has 0 bridgehead atoms. The van der Waals surface area contributed by atoms with Crippen LogP contribution in [0.5, 0.6) is 0 Å². The van der Waals surface area contributed by atoms with Gasteiger partial charge in [-0.1, -0.05) is 30.3 Å². The number of aromatic nitrogens is 5. The molecular formula is C21H22N6O. The third-order valence-corrected chi connectivity index (χ3v) is 4.67. The van der Waals surface area contributed by atoms with E-state index in [9.17, 15) is 4.79 Å². The molecule has 142 valence electrons. The Morgan fingerprint density at radius 2 is 1.93 bits per heavy atom. The van der Waals surface area contributed by atoms with Crippen molar-refractivity contribution in [2.45, 2.75) is 33.5 Å². The van der Waals surface area contributed by atoms with Gasteiger partial charge in [0.15, 0.2) is 5.65 Å². The van der Waals surface area contributed by atoms with Gasteiger partial charge < -0.3 is 5.32 Å². The minimum Gasteiger partial charge on any atom is -0.349 e. The molecule has 0 radical (unpaired) electrons. The Morgan fingerprint density at radius 3 is 2.68 bits per heavy atom. The maximum absolute atomic E-state index is 12.4. The van der Waals surface area contributed by atoms with Crippen LogP contribution >= 0.6 is 0 Å². The van der Waals surface area contributed by atoms with Crippen LogP contribution in [0.15, 0.2) is 54.9 Å². The number of carbonyl (C=O) groups excluding carboxylic acids is 1.